The third-order valence-corrected chi connectivity index (χ3v) is 2.61. The lowest BCUT2D eigenvalue weighted by Gasteiger charge is -2.09. The van der Waals surface area contributed by atoms with Gasteiger partial charge in [0.15, 0.2) is 17.9 Å². The standard InChI is InChI=1S/C14H7ClFNO2/c15-11-2-4-13(10(6-11)8-18)19-14-3-1-9(7-17)5-12(14)16/h1-6,8H. The van der Waals surface area contributed by atoms with Crippen molar-refractivity contribution in [3.05, 3.63) is 58.4 Å². The molecule has 0 fully saturated rings. The molecule has 94 valence electrons. The summed E-state index contributed by atoms with van der Waals surface area (Å²) in [5.74, 6) is -0.543. The zero-order chi connectivity index (χ0) is 13.8. The first kappa shape index (κ1) is 13.1. The summed E-state index contributed by atoms with van der Waals surface area (Å²) in [6.45, 7) is 0. The molecule has 0 aliphatic heterocycles. The van der Waals surface area contributed by atoms with Gasteiger partial charge in [0.2, 0.25) is 0 Å². The molecular formula is C14H7ClFNO2. The Bertz CT molecular complexity index is 680. The van der Waals surface area contributed by atoms with E-state index in [1.165, 1.54) is 30.3 Å². The molecule has 0 aliphatic rings. The van der Waals surface area contributed by atoms with Gasteiger partial charge in [-0.15, -0.1) is 0 Å². The highest BCUT2D eigenvalue weighted by molar-refractivity contribution is 6.30. The Morgan fingerprint density at radius 2 is 1.95 bits per heavy atom. The number of carbonyl (C=O) groups is 1. The monoisotopic (exact) mass is 275 g/mol. The summed E-state index contributed by atoms with van der Waals surface area (Å²) in [6.07, 6.45) is 0.572. The number of benzene rings is 2. The minimum atomic E-state index is -0.675. The van der Waals surface area contributed by atoms with Crippen LogP contribution in [0.3, 0.4) is 0 Å². The summed E-state index contributed by atoms with van der Waals surface area (Å²) in [5, 5.41) is 9.02. The summed E-state index contributed by atoms with van der Waals surface area (Å²) in [5.41, 5.74) is 0.410. The van der Waals surface area contributed by atoms with E-state index < -0.39 is 5.82 Å². The van der Waals surface area contributed by atoms with Gasteiger partial charge < -0.3 is 4.74 Å². The van der Waals surface area contributed by atoms with Gasteiger partial charge in [-0.05, 0) is 36.4 Å². The van der Waals surface area contributed by atoms with E-state index >= 15 is 0 Å². The molecule has 0 saturated carbocycles. The van der Waals surface area contributed by atoms with Gasteiger partial charge in [-0.25, -0.2) is 4.39 Å². The molecule has 0 heterocycles. The summed E-state index contributed by atoms with van der Waals surface area (Å²) in [7, 11) is 0. The second-order valence-corrected chi connectivity index (χ2v) is 4.10. The summed E-state index contributed by atoms with van der Waals surface area (Å²) >= 11 is 5.74. The summed E-state index contributed by atoms with van der Waals surface area (Å²) in [4.78, 5) is 10.9. The molecule has 0 amide bonds. The molecule has 19 heavy (non-hydrogen) atoms. The molecule has 3 nitrogen and oxygen atoms in total. The van der Waals surface area contributed by atoms with Gasteiger partial charge in [-0.3, -0.25) is 4.79 Å². The van der Waals surface area contributed by atoms with Crippen molar-refractivity contribution >= 4 is 17.9 Å². The third kappa shape index (κ3) is 2.90. The highest BCUT2D eigenvalue weighted by Gasteiger charge is 2.09. The molecule has 0 N–H and O–H groups in total. The van der Waals surface area contributed by atoms with Crippen LogP contribution in [0.15, 0.2) is 36.4 Å². The zero-order valence-electron chi connectivity index (χ0n) is 9.56. The van der Waals surface area contributed by atoms with Crippen molar-refractivity contribution < 1.29 is 13.9 Å². The van der Waals surface area contributed by atoms with Crippen LogP contribution in [0.25, 0.3) is 0 Å². The molecule has 0 unspecified atom stereocenters. The van der Waals surface area contributed by atoms with Gasteiger partial charge in [0.1, 0.15) is 5.75 Å². The Morgan fingerprint density at radius 3 is 2.58 bits per heavy atom. The van der Waals surface area contributed by atoms with Gasteiger partial charge in [0.05, 0.1) is 17.2 Å². The van der Waals surface area contributed by atoms with E-state index in [4.69, 9.17) is 21.6 Å². The van der Waals surface area contributed by atoms with Crippen molar-refractivity contribution in [2.75, 3.05) is 0 Å². The number of ether oxygens (including phenoxy) is 1. The highest BCUT2D eigenvalue weighted by Crippen LogP contribution is 2.29. The summed E-state index contributed by atoms with van der Waals surface area (Å²) < 4.78 is 19.0. The molecular weight excluding hydrogens is 269 g/mol. The molecule has 0 saturated heterocycles. The fraction of sp³-hybridized carbons (Fsp3) is 0. The smallest absolute Gasteiger partial charge is 0.167 e. The fourth-order valence-corrected chi connectivity index (χ4v) is 1.66. The Morgan fingerprint density at radius 1 is 1.21 bits per heavy atom. The molecule has 0 spiro atoms. The van der Waals surface area contributed by atoms with Crippen molar-refractivity contribution in [1.29, 1.82) is 5.26 Å². The van der Waals surface area contributed by atoms with Crippen molar-refractivity contribution in [1.82, 2.24) is 0 Å². The molecule has 0 bridgehead atoms. The van der Waals surface area contributed by atoms with Crippen molar-refractivity contribution in [2.24, 2.45) is 0 Å². The lowest BCUT2D eigenvalue weighted by atomic mass is 10.2. The fourth-order valence-electron chi connectivity index (χ4n) is 1.48. The van der Waals surface area contributed by atoms with Crippen LogP contribution >= 0.6 is 11.6 Å². The van der Waals surface area contributed by atoms with Crippen LogP contribution in [0.1, 0.15) is 15.9 Å². The second kappa shape index (κ2) is 5.51. The predicted octanol–water partition coefficient (Wildman–Crippen LogP) is 3.96. The van der Waals surface area contributed by atoms with Gasteiger partial charge in [-0.2, -0.15) is 5.26 Å². The lowest BCUT2D eigenvalue weighted by Crippen LogP contribution is -1.93. The second-order valence-electron chi connectivity index (χ2n) is 3.66. The number of carbonyl (C=O) groups excluding carboxylic acids is 1. The van der Waals surface area contributed by atoms with Crippen LogP contribution < -0.4 is 4.74 Å². The van der Waals surface area contributed by atoms with Crippen LogP contribution in [0.4, 0.5) is 4.39 Å². The van der Waals surface area contributed by atoms with E-state index in [0.717, 1.165) is 6.07 Å². The number of rotatable bonds is 3. The topological polar surface area (TPSA) is 50.1 Å². The Hall–Kier alpha value is -2.38. The number of halogens is 2. The minimum absolute atomic E-state index is 0.0653. The van der Waals surface area contributed by atoms with Crippen molar-refractivity contribution in [2.45, 2.75) is 0 Å². The number of hydrogen-bond donors (Lipinski definition) is 0. The Kier molecular flexibility index (Phi) is 3.79. The number of nitriles is 1. The largest absolute Gasteiger partial charge is 0.454 e. The molecule has 2 aromatic rings. The van der Waals surface area contributed by atoms with Crippen LogP contribution in [-0.4, -0.2) is 6.29 Å². The molecule has 5 heteroatoms. The van der Waals surface area contributed by atoms with Crippen molar-refractivity contribution in [3.63, 3.8) is 0 Å². The van der Waals surface area contributed by atoms with Gasteiger partial charge >= 0.3 is 0 Å². The van der Waals surface area contributed by atoms with E-state index in [1.807, 2.05) is 6.07 Å². The zero-order valence-corrected chi connectivity index (χ0v) is 10.3. The van der Waals surface area contributed by atoms with E-state index in [0.29, 0.717) is 11.3 Å². The van der Waals surface area contributed by atoms with Gasteiger partial charge in [0, 0.05) is 5.02 Å². The van der Waals surface area contributed by atoms with E-state index in [9.17, 15) is 9.18 Å². The third-order valence-electron chi connectivity index (χ3n) is 2.38. The average Bonchev–Trinajstić information content (AvgIpc) is 2.42. The minimum Gasteiger partial charge on any atom is -0.454 e. The highest BCUT2D eigenvalue weighted by atomic mass is 35.5. The maximum absolute atomic E-state index is 13.6. The van der Waals surface area contributed by atoms with Gasteiger partial charge in [0.25, 0.3) is 0 Å². The number of aldehydes is 1. The van der Waals surface area contributed by atoms with Crippen LogP contribution in [-0.2, 0) is 0 Å². The molecule has 0 atom stereocenters. The molecule has 0 aromatic heterocycles. The number of nitrogens with zero attached hydrogens (tertiary/aromatic N) is 1. The molecule has 0 radical (unpaired) electrons. The summed E-state index contributed by atoms with van der Waals surface area (Å²) in [6, 6.07) is 10.1. The quantitative estimate of drug-likeness (QED) is 0.797. The van der Waals surface area contributed by atoms with E-state index in [1.54, 1.807) is 0 Å². The van der Waals surface area contributed by atoms with Gasteiger partial charge in [-0.1, -0.05) is 11.6 Å². The normalized spacial score (nSPS) is 9.74. The molecule has 0 aliphatic carbocycles. The van der Waals surface area contributed by atoms with Crippen LogP contribution in [0, 0.1) is 17.1 Å². The first-order valence-corrected chi connectivity index (χ1v) is 5.64. The first-order chi connectivity index (χ1) is 9.13. The van der Waals surface area contributed by atoms with Crippen LogP contribution in [0.2, 0.25) is 5.02 Å². The van der Waals surface area contributed by atoms with Crippen molar-refractivity contribution in [3.8, 4) is 17.6 Å². The number of hydrogen-bond acceptors (Lipinski definition) is 3. The Labute approximate surface area is 113 Å². The average molecular weight is 276 g/mol. The lowest BCUT2D eigenvalue weighted by molar-refractivity contribution is 0.112. The van der Waals surface area contributed by atoms with E-state index in [2.05, 4.69) is 0 Å². The predicted molar refractivity (Wildman–Crippen MR) is 68.0 cm³/mol. The Balaban J connectivity index is 2.36. The SMILES string of the molecule is N#Cc1ccc(Oc2ccc(Cl)cc2C=O)c(F)c1. The molecule has 2 rings (SSSR count). The molecule has 2 aromatic carbocycles. The van der Waals surface area contributed by atoms with Crippen LogP contribution in [0.5, 0.6) is 11.5 Å². The first-order valence-electron chi connectivity index (χ1n) is 5.26. The maximum atomic E-state index is 13.6. The maximum Gasteiger partial charge on any atom is 0.167 e. The van der Waals surface area contributed by atoms with E-state index in [-0.39, 0.29) is 22.6 Å².